The normalized spacial score (nSPS) is 27.8. The Kier molecular flexibility index (Phi) is 5.05. The van der Waals surface area contributed by atoms with Gasteiger partial charge in [-0.25, -0.2) is 0 Å². The molecular formula is C15H30N2O. The second-order valence-electron chi connectivity index (χ2n) is 6.98. The highest BCUT2D eigenvalue weighted by Crippen LogP contribution is 2.23. The van der Waals surface area contributed by atoms with Gasteiger partial charge in [0.2, 0.25) is 0 Å². The molecule has 1 unspecified atom stereocenters. The molecule has 0 aromatic rings. The van der Waals surface area contributed by atoms with Crippen LogP contribution in [-0.2, 0) is 4.74 Å². The van der Waals surface area contributed by atoms with Crippen molar-refractivity contribution < 1.29 is 4.74 Å². The molecule has 18 heavy (non-hydrogen) atoms. The average Bonchev–Trinajstić information content (AvgIpc) is 2.74. The molecule has 3 heteroatoms. The third-order valence-electron chi connectivity index (χ3n) is 4.20. The summed E-state index contributed by atoms with van der Waals surface area (Å²) in [6, 6.07) is 0.757. The number of hydrogen-bond acceptors (Lipinski definition) is 3. The lowest BCUT2D eigenvalue weighted by atomic mass is 9.99. The summed E-state index contributed by atoms with van der Waals surface area (Å²) in [6.07, 6.45) is 5.26. The Balaban J connectivity index is 1.76. The monoisotopic (exact) mass is 254 g/mol. The lowest BCUT2D eigenvalue weighted by molar-refractivity contribution is 0.0503. The van der Waals surface area contributed by atoms with Gasteiger partial charge in [0, 0.05) is 37.9 Å². The predicted molar refractivity (Wildman–Crippen MR) is 75.9 cm³/mol. The van der Waals surface area contributed by atoms with E-state index >= 15 is 0 Å². The zero-order valence-electron chi connectivity index (χ0n) is 12.4. The molecule has 2 aliphatic heterocycles. The van der Waals surface area contributed by atoms with E-state index < -0.39 is 0 Å². The van der Waals surface area contributed by atoms with Crippen molar-refractivity contribution in [1.82, 2.24) is 10.2 Å². The van der Waals surface area contributed by atoms with E-state index in [2.05, 4.69) is 31.0 Å². The molecular weight excluding hydrogens is 224 g/mol. The second-order valence-corrected chi connectivity index (χ2v) is 6.98. The predicted octanol–water partition coefficient (Wildman–Crippen LogP) is 2.27. The maximum absolute atomic E-state index is 5.45. The quantitative estimate of drug-likeness (QED) is 0.833. The highest BCUT2D eigenvalue weighted by Gasteiger charge is 2.28. The van der Waals surface area contributed by atoms with Crippen molar-refractivity contribution in [3.8, 4) is 0 Å². The molecule has 0 aromatic carbocycles. The highest BCUT2D eigenvalue weighted by molar-refractivity contribution is 4.85. The van der Waals surface area contributed by atoms with Crippen LogP contribution in [0.4, 0.5) is 0 Å². The largest absolute Gasteiger partial charge is 0.381 e. The van der Waals surface area contributed by atoms with Gasteiger partial charge in [-0.05, 0) is 58.9 Å². The molecule has 1 atom stereocenters. The third kappa shape index (κ3) is 4.52. The molecule has 0 aliphatic carbocycles. The first kappa shape index (κ1) is 14.3. The van der Waals surface area contributed by atoms with Crippen LogP contribution in [0.1, 0.15) is 46.5 Å². The molecule has 0 spiro atoms. The topological polar surface area (TPSA) is 24.5 Å². The van der Waals surface area contributed by atoms with Gasteiger partial charge in [0.25, 0.3) is 0 Å². The number of nitrogens with one attached hydrogen (secondary N) is 1. The van der Waals surface area contributed by atoms with Crippen molar-refractivity contribution in [3.05, 3.63) is 0 Å². The Bertz CT molecular complexity index is 243. The zero-order valence-corrected chi connectivity index (χ0v) is 12.4. The van der Waals surface area contributed by atoms with Crippen LogP contribution < -0.4 is 5.32 Å². The maximum Gasteiger partial charge on any atom is 0.0469 e. The fourth-order valence-corrected chi connectivity index (χ4v) is 3.05. The number of nitrogens with zero attached hydrogens (tertiary/aromatic N) is 1. The second kappa shape index (κ2) is 6.36. The summed E-state index contributed by atoms with van der Waals surface area (Å²) in [4.78, 5) is 2.72. The number of ether oxygens (including phenoxy) is 1. The Morgan fingerprint density at radius 3 is 2.56 bits per heavy atom. The van der Waals surface area contributed by atoms with Crippen molar-refractivity contribution >= 4 is 0 Å². The Hall–Kier alpha value is -0.120. The minimum Gasteiger partial charge on any atom is -0.381 e. The van der Waals surface area contributed by atoms with Crippen molar-refractivity contribution in [1.29, 1.82) is 0 Å². The lowest BCUT2D eigenvalue weighted by Gasteiger charge is -2.32. The van der Waals surface area contributed by atoms with Gasteiger partial charge in [0.05, 0.1) is 0 Å². The minimum atomic E-state index is 0.243. The third-order valence-corrected chi connectivity index (χ3v) is 4.20. The van der Waals surface area contributed by atoms with E-state index in [1.807, 2.05) is 0 Å². The molecule has 0 aromatic heterocycles. The van der Waals surface area contributed by atoms with Crippen molar-refractivity contribution in [2.24, 2.45) is 5.92 Å². The van der Waals surface area contributed by atoms with Gasteiger partial charge in [0.15, 0.2) is 0 Å². The van der Waals surface area contributed by atoms with E-state index in [1.54, 1.807) is 0 Å². The van der Waals surface area contributed by atoms with Crippen LogP contribution in [-0.4, -0.2) is 49.3 Å². The van der Waals surface area contributed by atoms with Crippen LogP contribution >= 0.6 is 0 Å². The first-order valence-corrected chi connectivity index (χ1v) is 7.61. The summed E-state index contributed by atoms with van der Waals surface area (Å²) in [5.41, 5.74) is 0.243. The maximum atomic E-state index is 5.45. The summed E-state index contributed by atoms with van der Waals surface area (Å²) in [7, 11) is 0. The Morgan fingerprint density at radius 1 is 1.17 bits per heavy atom. The van der Waals surface area contributed by atoms with E-state index in [4.69, 9.17) is 4.74 Å². The van der Waals surface area contributed by atoms with Gasteiger partial charge in [-0.1, -0.05) is 0 Å². The number of rotatable bonds is 4. The lowest BCUT2D eigenvalue weighted by Crippen LogP contribution is -2.46. The minimum absolute atomic E-state index is 0.243. The molecule has 0 radical (unpaired) electrons. The van der Waals surface area contributed by atoms with Crippen LogP contribution in [0, 0.1) is 5.92 Å². The van der Waals surface area contributed by atoms with E-state index in [1.165, 1.54) is 38.8 Å². The molecule has 2 aliphatic rings. The fraction of sp³-hybridized carbons (Fsp3) is 1.00. The summed E-state index contributed by atoms with van der Waals surface area (Å²) in [5.74, 6) is 0.869. The molecule has 106 valence electrons. The van der Waals surface area contributed by atoms with Gasteiger partial charge >= 0.3 is 0 Å². The van der Waals surface area contributed by atoms with E-state index in [-0.39, 0.29) is 5.54 Å². The zero-order chi connectivity index (χ0) is 13.0. The van der Waals surface area contributed by atoms with Gasteiger partial charge < -0.3 is 10.1 Å². The van der Waals surface area contributed by atoms with Crippen molar-refractivity contribution in [3.63, 3.8) is 0 Å². The van der Waals surface area contributed by atoms with Crippen molar-refractivity contribution in [2.45, 2.75) is 58.0 Å². The summed E-state index contributed by atoms with van der Waals surface area (Å²) >= 11 is 0. The molecule has 2 fully saturated rings. The smallest absolute Gasteiger partial charge is 0.0469 e. The standard InChI is InChI=1S/C15H30N2O/c1-15(2,3)16-11-14-5-4-8-17(14)12-13-6-9-18-10-7-13/h13-14,16H,4-12H2,1-3H3. The van der Waals surface area contributed by atoms with Gasteiger partial charge in [-0.2, -0.15) is 0 Å². The van der Waals surface area contributed by atoms with Gasteiger partial charge in [0.1, 0.15) is 0 Å². The fourth-order valence-electron chi connectivity index (χ4n) is 3.05. The van der Waals surface area contributed by atoms with Crippen LogP contribution in [0.15, 0.2) is 0 Å². The molecule has 2 heterocycles. The number of hydrogen-bond donors (Lipinski definition) is 1. The highest BCUT2D eigenvalue weighted by atomic mass is 16.5. The van der Waals surface area contributed by atoms with Gasteiger partial charge in [-0.15, -0.1) is 0 Å². The molecule has 2 rings (SSSR count). The first-order valence-electron chi connectivity index (χ1n) is 7.61. The molecule has 3 nitrogen and oxygen atoms in total. The summed E-state index contributed by atoms with van der Waals surface area (Å²) in [5, 5.41) is 3.66. The molecule has 0 bridgehead atoms. The number of likely N-dealkylation sites (tertiary alicyclic amines) is 1. The van der Waals surface area contributed by atoms with Crippen molar-refractivity contribution in [2.75, 3.05) is 32.8 Å². The average molecular weight is 254 g/mol. The summed E-state index contributed by atoms with van der Waals surface area (Å²) in [6.45, 7) is 12.5. The van der Waals surface area contributed by atoms with E-state index in [0.29, 0.717) is 0 Å². The van der Waals surface area contributed by atoms with Gasteiger partial charge in [-0.3, -0.25) is 4.90 Å². The van der Waals surface area contributed by atoms with E-state index in [0.717, 1.165) is 31.7 Å². The van der Waals surface area contributed by atoms with Crippen LogP contribution in [0.25, 0.3) is 0 Å². The molecule has 2 saturated heterocycles. The molecule has 0 amide bonds. The van der Waals surface area contributed by atoms with Crippen LogP contribution in [0.5, 0.6) is 0 Å². The Labute approximate surface area is 112 Å². The van der Waals surface area contributed by atoms with Crippen LogP contribution in [0.2, 0.25) is 0 Å². The molecule has 0 saturated carbocycles. The first-order chi connectivity index (χ1) is 8.54. The summed E-state index contributed by atoms with van der Waals surface area (Å²) < 4.78 is 5.45. The molecule has 1 N–H and O–H groups in total. The van der Waals surface area contributed by atoms with Crippen LogP contribution in [0.3, 0.4) is 0 Å². The van der Waals surface area contributed by atoms with E-state index in [9.17, 15) is 0 Å². The SMILES string of the molecule is CC(C)(C)NCC1CCCN1CC1CCOCC1. The Morgan fingerprint density at radius 2 is 1.89 bits per heavy atom.